The van der Waals surface area contributed by atoms with Gasteiger partial charge in [-0.1, -0.05) is 42.7 Å². The predicted octanol–water partition coefficient (Wildman–Crippen LogP) is 4.22. The molecule has 2 atom stereocenters. The Hall–Kier alpha value is -1.15. The lowest BCUT2D eigenvalue weighted by atomic mass is 9.78. The summed E-state index contributed by atoms with van der Waals surface area (Å²) in [4.78, 5) is 14.9. The number of Topliss-reactive ketones (excluding diaryl/α,β-unsaturated/α-hetero) is 1. The number of likely N-dealkylation sites (tertiary alicyclic amines) is 1. The maximum absolute atomic E-state index is 12.3. The quantitative estimate of drug-likeness (QED) is 0.772. The molecule has 1 aromatic carbocycles. The molecule has 3 rings (SSSR count). The number of piperidine rings is 1. The highest BCUT2D eigenvalue weighted by molar-refractivity contribution is 5.96. The van der Waals surface area contributed by atoms with Gasteiger partial charge in [-0.2, -0.15) is 0 Å². The molecular formula is C19H27NO. The molecule has 1 aliphatic heterocycles. The van der Waals surface area contributed by atoms with Crippen LogP contribution in [0.15, 0.2) is 24.3 Å². The third-order valence-electron chi connectivity index (χ3n) is 5.36. The van der Waals surface area contributed by atoms with Crippen molar-refractivity contribution in [2.45, 2.75) is 57.9 Å². The molecule has 2 heteroatoms. The summed E-state index contributed by atoms with van der Waals surface area (Å²) in [6.07, 6.45) is 8.95. The van der Waals surface area contributed by atoms with Crippen molar-refractivity contribution in [3.8, 4) is 0 Å². The van der Waals surface area contributed by atoms with E-state index >= 15 is 0 Å². The fraction of sp³-hybridized carbons (Fsp3) is 0.632. The summed E-state index contributed by atoms with van der Waals surface area (Å²) in [5.74, 6) is 1.20. The number of carbonyl (C=O) groups is 1. The topological polar surface area (TPSA) is 20.3 Å². The fourth-order valence-corrected chi connectivity index (χ4v) is 4.13. The van der Waals surface area contributed by atoms with E-state index in [1.54, 1.807) is 0 Å². The van der Waals surface area contributed by atoms with Crippen molar-refractivity contribution < 1.29 is 4.79 Å². The van der Waals surface area contributed by atoms with Gasteiger partial charge < -0.3 is 0 Å². The average Bonchev–Trinajstić information content (AvgIpc) is 2.53. The van der Waals surface area contributed by atoms with Crippen LogP contribution in [-0.2, 0) is 0 Å². The van der Waals surface area contributed by atoms with Gasteiger partial charge in [0, 0.05) is 24.6 Å². The molecule has 2 fully saturated rings. The fourth-order valence-electron chi connectivity index (χ4n) is 4.13. The van der Waals surface area contributed by atoms with Gasteiger partial charge in [0.15, 0.2) is 5.78 Å². The van der Waals surface area contributed by atoms with Crippen LogP contribution in [0.2, 0.25) is 0 Å². The molecule has 0 aromatic heterocycles. The SMILES string of the molecule is Cc1ccc(C(=O)CCN2CCCC3CCCCC32)cc1. The summed E-state index contributed by atoms with van der Waals surface area (Å²) >= 11 is 0. The summed E-state index contributed by atoms with van der Waals surface area (Å²) < 4.78 is 0. The Balaban J connectivity index is 1.56. The zero-order chi connectivity index (χ0) is 14.7. The van der Waals surface area contributed by atoms with Gasteiger partial charge in [0.2, 0.25) is 0 Å². The van der Waals surface area contributed by atoms with Crippen LogP contribution in [0.3, 0.4) is 0 Å². The third-order valence-corrected chi connectivity index (χ3v) is 5.36. The van der Waals surface area contributed by atoms with Gasteiger partial charge in [-0.25, -0.2) is 0 Å². The van der Waals surface area contributed by atoms with Gasteiger partial charge in [0.25, 0.3) is 0 Å². The van der Waals surface area contributed by atoms with Gasteiger partial charge in [-0.05, 0) is 45.1 Å². The number of fused-ring (bicyclic) bond motifs is 1. The number of rotatable bonds is 4. The molecule has 0 spiro atoms. The van der Waals surface area contributed by atoms with Crippen molar-refractivity contribution >= 4 is 5.78 Å². The molecule has 114 valence electrons. The molecule has 1 aliphatic carbocycles. The van der Waals surface area contributed by atoms with Crippen LogP contribution in [0.25, 0.3) is 0 Å². The van der Waals surface area contributed by atoms with Gasteiger partial charge in [0.1, 0.15) is 0 Å². The molecule has 21 heavy (non-hydrogen) atoms. The molecule has 0 N–H and O–H groups in total. The van der Waals surface area contributed by atoms with E-state index in [4.69, 9.17) is 0 Å². The second-order valence-corrected chi connectivity index (χ2v) is 6.83. The number of nitrogens with zero attached hydrogens (tertiary/aromatic N) is 1. The third kappa shape index (κ3) is 3.55. The Morgan fingerprint density at radius 3 is 2.62 bits per heavy atom. The number of carbonyl (C=O) groups excluding carboxylic acids is 1. The Morgan fingerprint density at radius 1 is 1.10 bits per heavy atom. The molecule has 1 saturated carbocycles. The number of hydrogen-bond acceptors (Lipinski definition) is 2. The Bertz CT molecular complexity index is 477. The average molecular weight is 285 g/mol. The molecule has 1 saturated heterocycles. The lowest BCUT2D eigenvalue weighted by Crippen LogP contribution is -2.47. The van der Waals surface area contributed by atoms with E-state index in [9.17, 15) is 4.79 Å². The van der Waals surface area contributed by atoms with E-state index in [1.807, 2.05) is 24.3 Å². The van der Waals surface area contributed by atoms with Crippen LogP contribution in [0.1, 0.15) is 60.9 Å². The highest BCUT2D eigenvalue weighted by Crippen LogP contribution is 2.35. The predicted molar refractivity (Wildman–Crippen MR) is 86.7 cm³/mol. The first-order valence-electron chi connectivity index (χ1n) is 8.58. The highest BCUT2D eigenvalue weighted by atomic mass is 16.1. The first-order chi connectivity index (χ1) is 10.2. The van der Waals surface area contributed by atoms with Gasteiger partial charge in [-0.15, -0.1) is 0 Å². The summed E-state index contributed by atoms with van der Waals surface area (Å²) in [7, 11) is 0. The van der Waals surface area contributed by atoms with Crippen LogP contribution in [-0.4, -0.2) is 29.8 Å². The largest absolute Gasteiger partial charge is 0.300 e. The Kier molecular flexibility index (Phi) is 4.74. The van der Waals surface area contributed by atoms with Crippen LogP contribution >= 0.6 is 0 Å². The second kappa shape index (κ2) is 6.74. The zero-order valence-electron chi connectivity index (χ0n) is 13.2. The normalized spacial score (nSPS) is 26.3. The van der Waals surface area contributed by atoms with Crippen LogP contribution in [0, 0.1) is 12.8 Å². The molecular weight excluding hydrogens is 258 g/mol. The van der Waals surface area contributed by atoms with E-state index in [0.29, 0.717) is 12.2 Å². The summed E-state index contributed by atoms with van der Waals surface area (Å²) in [5.41, 5.74) is 2.09. The molecule has 0 amide bonds. The maximum atomic E-state index is 12.3. The lowest BCUT2D eigenvalue weighted by molar-refractivity contribution is 0.0575. The number of benzene rings is 1. The molecule has 0 radical (unpaired) electrons. The first-order valence-corrected chi connectivity index (χ1v) is 8.58. The first kappa shape index (κ1) is 14.8. The van der Waals surface area contributed by atoms with E-state index < -0.39 is 0 Å². The number of aryl methyl sites for hydroxylation is 1. The molecule has 1 aromatic rings. The van der Waals surface area contributed by atoms with Crippen molar-refractivity contribution in [2.24, 2.45) is 5.92 Å². The zero-order valence-corrected chi connectivity index (χ0v) is 13.2. The van der Waals surface area contributed by atoms with Gasteiger partial charge >= 0.3 is 0 Å². The molecule has 1 heterocycles. The number of ketones is 1. The minimum atomic E-state index is 0.299. The standard InChI is InChI=1S/C19H27NO/c1-15-8-10-17(11-9-15)19(21)12-14-20-13-4-6-16-5-2-3-7-18(16)20/h8-11,16,18H,2-7,12-14H2,1H3. The van der Waals surface area contributed by atoms with Crippen molar-refractivity contribution in [1.29, 1.82) is 0 Å². The monoisotopic (exact) mass is 285 g/mol. The summed E-state index contributed by atoms with van der Waals surface area (Å²) in [5, 5.41) is 0. The summed E-state index contributed by atoms with van der Waals surface area (Å²) in [6.45, 7) is 4.21. The minimum Gasteiger partial charge on any atom is -0.300 e. The molecule has 2 aliphatic rings. The molecule has 2 nitrogen and oxygen atoms in total. The van der Waals surface area contributed by atoms with E-state index in [0.717, 1.165) is 24.1 Å². The van der Waals surface area contributed by atoms with Gasteiger partial charge in [0.05, 0.1) is 0 Å². The van der Waals surface area contributed by atoms with Crippen LogP contribution in [0.5, 0.6) is 0 Å². The second-order valence-electron chi connectivity index (χ2n) is 6.83. The minimum absolute atomic E-state index is 0.299. The Morgan fingerprint density at radius 2 is 1.81 bits per heavy atom. The van der Waals surface area contributed by atoms with Crippen molar-refractivity contribution in [3.63, 3.8) is 0 Å². The smallest absolute Gasteiger partial charge is 0.164 e. The van der Waals surface area contributed by atoms with Gasteiger partial charge in [-0.3, -0.25) is 9.69 Å². The van der Waals surface area contributed by atoms with E-state index in [2.05, 4.69) is 11.8 Å². The van der Waals surface area contributed by atoms with Crippen molar-refractivity contribution in [1.82, 2.24) is 4.90 Å². The Labute approximate surface area is 128 Å². The van der Waals surface area contributed by atoms with Crippen LogP contribution in [0.4, 0.5) is 0 Å². The van der Waals surface area contributed by atoms with Crippen molar-refractivity contribution in [2.75, 3.05) is 13.1 Å². The van der Waals surface area contributed by atoms with E-state index in [-0.39, 0.29) is 0 Å². The highest BCUT2D eigenvalue weighted by Gasteiger charge is 2.32. The van der Waals surface area contributed by atoms with Crippen molar-refractivity contribution in [3.05, 3.63) is 35.4 Å². The summed E-state index contributed by atoms with van der Waals surface area (Å²) in [6, 6.07) is 8.77. The molecule has 2 unspecified atom stereocenters. The number of hydrogen-bond donors (Lipinski definition) is 0. The maximum Gasteiger partial charge on any atom is 0.164 e. The van der Waals surface area contributed by atoms with E-state index in [1.165, 1.54) is 50.6 Å². The van der Waals surface area contributed by atoms with Crippen LogP contribution < -0.4 is 0 Å². The molecule has 0 bridgehead atoms. The lowest BCUT2D eigenvalue weighted by Gasteiger charge is -2.44.